The van der Waals surface area contributed by atoms with Crippen LogP contribution in [-0.2, 0) is 0 Å². The summed E-state index contributed by atoms with van der Waals surface area (Å²) in [5.74, 6) is 0.674. The first kappa shape index (κ1) is 16.9. The van der Waals surface area contributed by atoms with Gasteiger partial charge in [-0.15, -0.1) is 10.2 Å². The minimum Gasteiger partial charge on any atom is -0.362 e. The number of carbonyl (C=O) groups excluding carboxylic acids is 1. The summed E-state index contributed by atoms with van der Waals surface area (Å²) in [5.41, 5.74) is 1.55. The number of halogens is 1. The van der Waals surface area contributed by atoms with E-state index in [2.05, 4.69) is 20.8 Å². The van der Waals surface area contributed by atoms with Gasteiger partial charge in [0.05, 0.1) is 10.6 Å². The SMILES string of the molecule is CC(Nc1ccc(NC(=O)c2ccccc2Cl)nn1)c1ccccc1. The Morgan fingerprint density at radius 3 is 2.24 bits per heavy atom. The van der Waals surface area contributed by atoms with Crippen LogP contribution in [0, 0.1) is 0 Å². The van der Waals surface area contributed by atoms with Crippen molar-refractivity contribution in [1.82, 2.24) is 10.2 Å². The lowest BCUT2D eigenvalue weighted by molar-refractivity contribution is 0.102. The molecule has 1 unspecified atom stereocenters. The van der Waals surface area contributed by atoms with Gasteiger partial charge >= 0.3 is 0 Å². The Morgan fingerprint density at radius 1 is 0.920 bits per heavy atom. The van der Waals surface area contributed by atoms with Crippen LogP contribution in [0.1, 0.15) is 28.9 Å². The third-order valence-electron chi connectivity index (χ3n) is 3.69. The zero-order chi connectivity index (χ0) is 17.6. The maximum absolute atomic E-state index is 12.2. The fraction of sp³-hybridized carbons (Fsp3) is 0.105. The number of nitrogens with one attached hydrogen (secondary N) is 2. The largest absolute Gasteiger partial charge is 0.362 e. The lowest BCUT2D eigenvalue weighted by atomic mass is 10.1. The van der Waals surface area contributed by atoms with Gasteiger partial charge in [0.15, 0.2) is 5.82 Å². The molecule has 1 atom stereocenters. The molecule has 0 fully saturated rings. The maximum Gasteiger partial charge on any atom is 0.258 e. The predicted octanol–water partition coefficient (Wildman–Crippen LogP) is 4.56. The fourth-order valence-corrected chi connectivity index (χ4v) is 2.57. The van der Waals surface area contributed by atoms with Crippen LogP contribution >= 0.6 is 11.6 Å². The molecule has 2 aromatic carbocycles. The van der Waals surface area contributed by atoms with Crippen LogP contribution in [0.15, 0.2) is 66.7 Å². The average molecular weight is 353 g/mol. The van der Waals surface area contributed by atoms with Crippen molar-refractivity contribution in [3.63, 3.8) is 0 Å². The fourth-order valence-electron chi connectivity index (χ4n) is 2.35. The molecular weight excluding hydrogens is 336 g/mol. The third kappa shape index (κ3) is 4.33. The van der Waals surface area contributed by atoms with E-state index >= 15 is 0 Å². The van der Waals surface area contributed by atoms with Gasteiger partial charge in [-0.05, 0) is 36.8 Å². The number of carbonyl (C=O) groups is 1. The van der Waals surface area contributed by atoms with Gasteiger partial charge in [-0.2, -0.15) is 0 Å². The van der Waals surface area contributed by atoms with Crippen LogP contribution in [0.2, 0.25) is 5.02 Å². The van der Waals surface area contributed by atoms with Gasteiger partial charge in [0.1, 0.15) is 5.82 Å². The van der Waals surface area contributed by atoms with E-state index in [0.717, 1.165) is 5.56 Å². The first-order valence-electron chi connectivity index (χ1n) is 7.84. The van der Waals surface area contributed by atoms with Crippen molar-refractivity contribution < 1.29 is 4.79 Å². The molecule has 3 aromatic rings. The molecule has 0 radical (unpaired) electrons. The standard InChI is InChI=1S/C19H17ClN4O/c1-13(14-7-3-2-4-8-14)21-17-11-12-18(24-23-17)22-19(25)15-9-5-6-10-16(15)20/h2-13H,1H3,(H,21,23)(H,22,24,25). The molecule has 5 nitrogen and oxygen atoms in total. The normalized spacial score (nSPS) is 11.6. The topological polar surface area (TPSA) is 66.9 Å². The maximum atomic E-state index is 12.2. The van der Waals surface area contributed by atoms with E-state index in [1.54, 1.807) is 36.4 Å². The highest BCUT2D eigenvalue weighted by Crippen LogP contribution is 2.19. The highest BCUT2D eigenvalue weighted by Gasteiger charge is 2.11. The molecule has 0 saturated heterocycles. The van der Waals surface area contributed by atoms with E-state index in [-0.39, 0.29) is 11.9 Å². The number of benzene rings is 2. The number of anilines is 2. The molecule has 2 N–H and O–H groups in total. The van der Waals surface area contributed by atoms with Crippen molar-refractivity contribution in [1.29, 1.82) is 0 Å². The minimum atomic E-state index is -0.321. The number of aromatic nitrogens is 2. The Balaban J connectivity index is 1.64. The van der Waals surface area contributed by atoms with Crippen molar-refractivity contribution >= 4 is 29.1 Å². The second-order valence-electron chi connectivity index (χ2n) is 5.51. The molecule has 1 aromatic heterocycles. The molecule has 0 aliphatic rings. The summed E-state index contributed by atoms with van der Waals surface area (Å²) in [6.45, 7) is 2.05. The average Bonchev–Trinajstić information content (AvgIpc) is 2.64. The molecule has 0 bridgehead atoms. The Morgan fingerprint density at radius 2 is 1.56 bits per heavy atom. The Kier molecular flexibility index (Phi) is 5.26. The van der Waals surface area contributed by atoms with Gasteiger partial charge in [-0.1, -0.05) is 54.1 Å². The number of amides is 1. The van der Waals surface area contributed by atoms with Crippen molar-refractivity contribution in [2.45, 2.75) is 13.0 Å². The van der Waals surface area contributed by atoms with Gasteiger partial charge in [-0.25, -0.2) is 0 Å². The van der Waals surface area contributed by atoms with Gasteiger partial charge in [0.2, 0.25) is 0 Å². The van der Waals surface area contributed by atoms with E-state index in [0.29, 0.717) is 22.2 Å². The molecule has 0 aliphatic heterocycles. The zero-order valence-electron chi connectivity index (χ0n) is 13.6. The van der Waals surface area contributed by atoms with E-state index in [4.69, 9.17) is 11.6 Å². The van der Waals surface area contributed by atoms with Crippen LogP contribution in [0.3, 0.4) is 0 Å². The van der Waals surface area contributed by atoms with Gasteiger partial charge < -0.3 is 10.6 Å². The van der Waals surface area contributed by atoms with E-state index in [1.807, 2.05) is 37.3 Å². The molecule has 0 spiro atoms. The van der Waals surface area contributed by atoms with Gasteiger partial charge in [-0.3, -0.25) is 4.79 Å². The predicted molar refractivity (Wildman–Crippen MR) is 99.9 cm³/mol. The summed E-state index contributed by atoms with van der Waals surface area (Å²) in [7, 11) is 0. The quantitative estimate of drug-likeness (QED) is 0.706. The zero-order valence-corrected chi connectivity index (χ0v) is 14.4. The molecule has 126 valence electrons. The third-order valence-corrected chi connectivity index (χ3v) is 4.02. The number of hydrogen-bond donors (Lipinski definition) is 2. The second-order valence-corrected chi connectivity index (χ2v) is 5.92. The van der Waals surface area contributed by atoms with Gasteiger partial charge in [0, 0.05) is 6.04 Å². The highest BCUT2D eigenvalue weighted by atomic mass is 35.5. The second kappa shape index (κ2) is 7.77. The molecule has 25 heavy (non-hydrogen) atoms. The van der Waals surface area contributed by atoms with E-state index < -0.39 is 0 Å². The Labute approximate surface area is 151 Å². The van der Waals surface area contributed by atoms with Crippen LogP contribution in [-0.4, -0.2) is 16.1 Å². The minimum absolute atomic E-state index is 0.0964. The number of hydrogen-bond acceptors (Lipinski definition) is 4. The first-order valence-corrected chi connectivity index (χ1v) is 8.22. The molecule has 1 heterocycles. The number of nitrogens with zero attached hydrogens (tertiary/aromatic N) is 2. The molecule has 6 heteroatoms. The lowest BCUT2D eigenvalue weighted by Crippen LogP contribution is -2.14. The summed E-state index contributed by atoms with van der Waals surface area (Å²) in [6.07, 6.45) is 0. The summed E-state index contributed by atoms with van der Waals surface area (Å²) < 4.78 is 0. The van der Waals surface area contributed by atoms with Crippen molar-refractivity contribution in [2.75, 3.05) is 10.6 Å². The summed E-state index contributed by atoms with van der Waals surface area (Å²) in [6, 6.07) is 20.5. The van der Waals surface area contributed by atoms with Crippen molar-refractivity contribution in [3.8, 4) is 0 Å². The van der Waals surface area contributed by atoms with Gasteiger partial charge in [0.25, 0.3) is 5.91 Å². The summed E-state index contributed by atoms with van der Waals surface area (Å²) in [5, 5.41) is 14.5. The Bertz CT molecular complexity index is 853. The smallest absolute Gasteiger partial charge is 0.258 e. The van der Waals surface area contributed by atoms with Crippen LogP contribution < -0.4 is 10.6 Å². The monoisotopic (exact) mass is 352 g/mol. The Hall–Kier alpha value is -2.92. The molecule has 0 aliphatic carbocycles. The lowest BCUT2D eigenvalue weighted by Gasteiger charge is -2.14. The summed E-state index contributed by atoms with van der Waals surface area (Å²) >= 11 is 6.02. The molecule has 1 amide bonds. The molecule has 3 rings (SSSR count). The van der Waals surface area contributed by atoms with Crippen molar-refractivity contribution in [3.05, 3.63) is 82.9 Å². The van der Waals surface area contributed by atoms with Crippen molar-refractivity contribution in [2.24, 2.45) is 0 Å². The summed E-state index contributed by atoms with van der Waals surface area (Å²) in [4.78, 5) is 12.2. The molecule has 0 saturated carbocycles. The van der Waals surface area contributed by atoms with Crippen LogP contribution in [0.25, 0.3) is 0 Å². The van der Waals surface area contributed by atoms with Crippen LogP contribution in [0.5, 0.6) is 0 Å². The van der Waals surface area contributed by atoms with E-state index in [1.165, 1.54) is 0 Å². The molecular formula is C19H17ClN4O. The van der Waals surface area contributed by atoms with Crippen LogP contribution in [0.4, 0.5) is 11.6 Å². The highest BCUT2D eigenvalue weighted by molar-refractivity contribution is 6.34. The van der Waals surface area contributed by atoms with E-state index in [9.17, 15) is 4.79 Å². The number of rotatable bonds is 5. The first-order chi connectivity index (χ1) is 12.1.